The summed E-state index contributed by atoms with van der Waals surface area (Å²) in [5.74, 6) is 0.699. The molecule has 1 aromatic heterocycles. The number of aryl methyl sites for hydroxylation is 1. The molecule has 6 nitrogen and oxygen atoms in total. The minimum atomic E-state index is -0.147. The molecule has 26 heavy (non-hydrogen) atoms. The van der Waals surface area contributed by atoms with Gasteiger partial charge >= 0.3 is 0 Å². The maximum Gasteiger partial charge on any atom is 0.293 e. The molecule has 0 bridgehead atoms. The topological polar surface area (TPSA) is 63.1 Å². The van der Waals surface area contributed by atoms with Crippen molar-refractivity contribution in [2.75, 3.05) is 20.1 Å². The molecule has 1 fully saturated rings. The van der Waals surface area contributed by atoms with Gasteiger partial charge in [0.05, 0.1) is 10.0 Å². The first-order chi connectivity index (χ1) is 12.0. The highest BCUT2D eigenvalue weighted by molar-refractivity contribution is 6.37. The van der Waals surface area contributed by atoms with E-state index in [4.69, 9.17) is 23.2 Å². The number of halogens is 3. The third-order valence-electron chi connectivity index (χ3n) is 4.52. The van der Waals surface area contributed by atoms with Crippen molar-refractivity contribution in [1.82, 2.24) is 25.0 Å². The number of piperidine rings is 1. The van der Waals surface area contributed by atoms with Gasteiger partial charge in [0.2, 0.25) is 5.82 Å². The van der Waals surface area contributed by atoms with E-state index in [9.17, 15) is 4.79 Å². The quantitative estimate of drug-likeness (QED) is 0.827. The highest BCUT2D eigenvalue weighted by Gasteiger charge is 2.27. The SMILES string of the molecule is CCc1nc(C(=O)N2CCC(NC)CC2)nn1-c1c(Cl)cccc1Cl.Cl. The van der Waals surface area contributed by atoms with Gasteiger partial charge in [0.15, 0.2) is 0 Å². The summed E-state index contributed by atoms with van der Waals surface area (Å²) in [6.07, 6.45) is 2.48. The van der Waals surface area contributed by atoms with Crippen LogP contribution >= 0.6 is 35.6 Å². The van der Waals surface area contributed by atoms with Crippen molar-refractivity contribution in [2.24, 2.45) is 0 Å². The van der Waals surface area contributed by atoms with Crippen molar-refractivity contribution in [3.63, 3.8) is 0 Å². The molecule has 142 valence electrons. The number of rotatable bonds is 4. The molecule has 0 atom stereocenters. The van der Waals surface area contributed by atoms with Gasteiger partial charge in [-0.1, -0.05) is 36.2 Å². The zero-order valence-electron chi connectivity index (χ0n) is 14.7. The standard InChI is InChI=1S/C17H21Cl2N5O.ClH/c1-3-14-21-16(17(25)23-9-7-11(20-2)8-10-23)22-24(14)15-12(18)5-4-6-13(15)19;/h4-6,11,20H,3,7-10H2,1-2H3;1H. The second-order valence-electron chi connectivity index (χ2n) is 6.04. The number of nitrogens with one attached hydrogen (secondary N) is 1. The fourth-order valence-electron chi connectivity index (χ4n) is 3.05. The van der Waals surface area contributed by atoms with Crippen LogP contribution < -0.4 is 5.32 Å². The molecule has 0 saturated carbocycles. The second-order valence-corrected chi connectivity index (χ2v) is 6.86. The average Bonchev–Trinajstić information content (AvgIpc) is 3.05. The van der Waals surface area contributed by atoms with E-state index < -0.39 is 0 Å². The summed E-state index contributed by atoms with van der Waals surface area (Å²) in [5.41, 5.74) is 0.558. The zero-order chi connectivity index (χ0) is 18.0. The maximum atomic E-state index is 12.8. The van der Waals surface area contributed by atoms with E-state index in [1.807, 2.05) is 14.0 Å². The molecule has 1 aromatic carbocycles. The Labute approximate surface area is 169 Å². The van der Waals surface area contributed by atoms with Crippen LogP contribution in [0.2, 0.25) is 10.0 Å². The normalized spacial score (nSPS) is 15.0. The summed E-state index contributed by atoms with van der Waals surface area (Å²) >= 11 is 12.6. The summed E-state index contributed by atoms with van der Waals surface area (Å²) < 4.78 is 1.58. The molecule has 1 aliphatic rings. The minimum absolute atomic E-state index is 0. The lowest BCUT2D eigenvalue weighted by atomic mass is 10.1. The van der Waals surface area contributed by atoms with Gasteiger partial charge in [-0.2, -0.15) is 0 Å². The van der Waals surface area contributed by atoms with Crippen molar-refractivity contribution >= 4 is 41.5 Å². The summed E-state index contributed by atoms with van der Waals surface area (Å²) in [7, 11) is 1.95. The van der Waals surface area contributed by atoms with Gasteiger partial charge in [-0.05, 0) is 32.0 Å². The van der Waals surface area contributed by atoms with Crippen LogP contribution in [0.4, 0.5) is 0 Å². The van der Waals surface area contributed by atoms with Crippen LogP contribution in [0.1, 0.15) is 36.2 Å². The zero-order valence-corrected chi connectivity index (χ0v) is 17.0. The monoisotopic (exact) mass is 417 g/mol. The Kier molecular flexibility index (Phi) is 7.29. The molecule has 0 spiro atoms. The highest BCUT2D eigenvalue weighted by atomic mass is 35.5. The third kappa shape index (κ3) is 4.14. The molecular formula is C17H22Cl3N5O. The molecule has 1 saturated heterocycles. The summed E-state index contributed by atoms with van der Waals surface area (Å²) in [6.45, 7) is 3.36. The van der Waals surface area contributed by atoms with E-state index in [-0.39, 0.29) is 24.1 Å². The van der Waals surface area contributed by atoms with Gasteiger partial charge in [-0.25, -0.2) is 9.67 Å². The number of para-hydroxylation sites is 1. The number of hydrogen-bond acceptors (Lipinski definition) is 4. The van der Waals surface area contributed by atoms with E-state index in [0.717, 1.165) is 12.8 Å². The van der Waals surface area contributed by atoms with Crippen LogP contribution in [-0.2, 0) is 6.42 Å². The lowest BCUT2D eigenvalue weighted by Crippen LogP contribution is -2.44. The van der Waals surface area contributed by atoms with Gasteiger partial charge in [-0.15, -0.1) is 17.5 Å². The van der Waals surface area contributed by atoms with Crippen molar-refractivity contribution in [3.8, 4) is 5.69 Å². The molecule has 9 heteroatoms. The Hall–Kier alpha value is -1.34. The Bertz CT molecular complexity index is 752. The van der Waals surface area contributed by atoms with Gasteiger partial charge in [-0.3, -0.25) is 4.79 Å². The molecule has 1 N–H and O–H groups in total. The molecule has 0 aliphatic carbocycles. The predicted octanol–water partition coefficient (Wildman–Crippen LogP) is 3.38. The van der Waals surface area contributed by atoms with Crippen molar-refractivity contribution in [3.05, 3.63) is 39.9 Å². The Morgan fingerprint density at radius 2 is 1.88 bits per heavy atom. The number of aromatic nitrogens is 3. The third-order valence-corrected chi connectivity index (χ3v) is 5.13. The fraction of sp³-hybridized carbons (Fsp3) is 0.471. The fourth-order valence-corrected chi connectivity index (χ4v) is 3.60. The molecular weight excluding hydrogens is 397 g/mol. The molecule has 2 aromatic rings. The van der Waals surface area contributed by atoms with Gasteiger partial charge in [0, 0.05) is 25.6 Å². The Morgan fingerprint density at radius 1 is 1.27 bits per heavy atom. The number of likely N-dealkylation sites (tertiary alicyclic amines) is 1. The number of carbonyl (C=O) groups excluding carboxylic acids is 1. The molecule has 3 rings (SSSR count). The summed E-state index contributed by atoms with van der Waals surface area (Å²) in [4.78, 5) is 19.0. The number of nitrogens with zero attached hydrogens (tertiary/aromatic N) is 4. The first-order valence-corrected chi connectivity index (χ1v) is 9.17. The molecule has 1 aliphatic heterocycles. The smallest absolute Gasteiger partial charge is 0.293 e. The minimum Gasteiger partial charge on any atom is -0.336 e. The van der Waals surface area contributed by atoms with Crippen molar-refractivity contribution < 1.29 is 4.79 Å². The number of amides is 1. The summed E-state index contributed by atoms with van der Waals surface area (Å²) in [6, 6.07) is 5.72. The van der Waals surface area contributed by atoms with E-state index >= 15 is 0 Å². The first kappa shape index (κ1) is 21.0. The van der Waals surface area contributed by atoms with Gasteiger partial charge in [0.25, 0.3) is 5.91 Å². The summed E-state index contributed by atoms with van der Waals surface area (Å²) in [5, 5.41) is 8.62. The Balaban J connectivity index is 0.00000243. The van der Waals surface area contributed by atoms with Crippen LogP contribution in [0.25, 0.3) is 5.69 Å². The van der Waals surface area contributed by atoms with Crippen molar-refractivity contribution in [2.45, 2.75) is 32.2 Å². The van der Waals surface area contributed by atoms with E-state index in [1.165, 1.54) is 0 Å². The van der Waals surface area contributed by atoms with E-state index in [2.05, 4.69) is 15.4 Å². The lowest BCUT2D eigenvalue weighted by Gasteiger charge is -2.30. The van der Waals surface area contributed by atoms with Gasteiger partial charge in [0.1, 0.15) is 11.5 Å². The van der Waals surface area contributed by atoms with Crippen LogP contribution in [-0.4, -0.2) is 51.8 Å². The molecule has 1 amide bonds. The lowest BCUT2D eigenvalue weighted by molar-refractivity contribution is 0.0695. The van der Waals surface area contributed by atoms with Crippen LogP contribution in [0.15, 0.2) is 18.2 Å². The van der Waals surface area contributed by atoms with E-state index in [0.29, 0.717) is 47.1 Å². The van der Waals surface area contributed by atoms with Gasteiger partial charge < -0.3 is 10.2 Å². The van der Waals surface area contributed by atoms with E-state index in [1.54, 1.807) is 27.8 Å². The average molecular weight is 419 g/mol. The van der Waals surface area contributed by atoms with Crippen LogP contribution in [0.3, 0.4) is 0 Å². The molecule has 0 unspecified atom stereocenters. The maximum absolute atomic E-state index is 12.8. The van der Waals surface area contributed by atoms with Crippen LogP contribution in [0.5, 0.6) is 0 Å². The van der Waals surface area contributed by atoms with Crippen molar-refractivity contribution in [1.29, 1.82) is 0 Å². The number of carbonyl (C=O) groups is 1. The predicted molar refractivity (Wildman–Crippen MR) is 106 cm³/mol. The first-order valence-electron chi connectivity index (χ1n) is 8.42. The number of benzene rings is 1. The Morgan fingerprint density at radius 3 is 2.42 bits per heavy atom. The van der Waals surface area contributed by atoms with Crippen LogP contribution in [0, 0.1) is 0 Å². The number of hydrogen-bond donors (Lipinski definition) is 1. The second kappa shape index (κ2) is 9.04. The largest absolute Gasteiger partial charge is 0.336 e. The highest BCUT2D eigenvalue weighted by Crippen LogP contribution is 2.29. The molecule has 0 radical (unpaired) electrons. The molecule has 2 heterocycles.